The number of hydrogen-bond acceptors (Lipinski definition) is 1. The minimum atomic E-state index is 0.296. The van der Waals surface area contributed by atoms with Gasteiger partial charge < -0.3 is 5.32 Å². The van der Waals surface area contributed by atoms with E-state index in [9.17, 15) is 0 Å². The lowest BCUT2D eigenvalue weighted by Gasteiger charge is -2.44. The molecule has 2 rings (SSSR count). The Balaban J connectivity index is 2.41. The van der Waals surface area contributed by atoms with Crippen LogP contribution < -0.4 is 5.32 Å². The quantitative estimate of drug-likeness (QED) is 0.747. The zero-order chi connectivity index (χ0) is 15.0. The molecule has 1 heteroatoms. The van der Waals surface area contributed by atoms with Crippen molar-refractivity contribution in [2.75, 3.05) is 5.32 Å². The van der Waals surface area contributed by atoms with Crippen LogP contribution in [0.2, 0.25) is 0 Å². The van der Waals surface area contributed by atoms with Gasteiger partial charge in [-0.1, -0.05) is 58.7 Å². The molecule has 0 fully saturated rings. The minimum Gasteiger partial charge on any atom is -0.382 e. The van der Waals surface area contributed by atoms with E-state index in [2.05, 4.69) is 65.1 Å². The second kappa shape index (κ2) is 5.42. The number of anilines is 1. The van der Waals surface area contributed by atoms with Gasteiger partial charge in [0.2, 0.25) is 0 Å². The van der Waals surface area contributed by atoms with Crippen molar-refractivity contribution in [3.63, 3.8) is 0 Å². The fraction of sp³-hybridized carbons (Fsp3) is 0.684. The zero-order valence-electron chi connectivity index (χ0n) is 14.1. The molecule has 0 bridgehead atoms. The van der Waals surface area contributed by atoms with Crippen LogP contribution in [0.25, 0.3) is 0 Å². The molecule has 1 N–H and O–H groups in total. The third-order valence-electron chi connectivity index (χ3n) is 4.44. The maximum Gasteiger partial charge on any atom is 0.0380 e. The summed E-state index contributed by atoms with van der Waals surface area (Å²) in [5, 5.41) is 3.77. The molecule has 0 amide bonds. The first-order valence-electron chi connectivity index (χ1n) is 8.11. The van der Waals surface area contributed by atoms with E-state index in [1.165, 1.54) is 42.5 Å². The van der Waals surface area contributed by atoms with E-state index < -0.39 is 0 Å². The highest BCUT2D eigenvalue weighted by atomic mass is 14.9. The van der Waals surface area contributed by atoms with Crippen molar-refractivity contribution in [3.05, 3.63) is 29.3 Å². The van der Waals surface area contributed by atoms with Gasteiger partial charge in [-0.2, -0.15) is 0 Å². The van der Waals surface area contributed by atoms with Crippen molar-refractivity contribution in [1.29, 1.82) is 0 Å². The van der Waals surface area contributed by atoms with Crippen LogP contribution in [0, 0.1) is 12.3 Å². The molecule has 1 aromatic carbocycles. The largest absolute Gasteiger partial charge is 0.382 e. The summed E-state index contributed by atoms with van der Waals surface area (Å²) in [6.07, 6.45) is 5.03. The smallest absolute Gasteiger partial charge is 0.0380 e. The normalized spacial score (nSPS) is 26.0. The third-order valence-corrected chi connectivity index (χ3v) is 4.44. The number of benzene rings is 1. The molecule has 20 heavy (non-hydrogen) atoms. The first-order valence-corrected chi connectivity index (χ1v) is 8.11. The fourth-order valence-corrected chi connectivity index (χ4v) is 4.07. The highest BCUT2D eigenvalue weighted by Gasteiger charge is 2.38. The fourth-order valence-electron chi connectivity index (χ4n) is 4.07. The summed E-state index contributed by atoms with van der Waals surface area (Å²) in [7, 11) is 0. The molecule has 1 heterocycles. The van der Waals surface area contributed by atoms with Gasteiger partial charge in [-0.15, -0.1) is 0 Å². The Hall–Kier alpha value is -0.980. The molecule has 0 radical (unpaired) electrons. The van der Waals surface area contributed by atoms with Crippen molar-refractivity contribution in [1.82, 2.24) is 0 Å². The van der Waals surface area contributed by atoms with Crippen molar-refractivity contribution in [2.24, 2.45) is 5.41 Å². The van der Waals surface area contributed by atoms with Gasteiger partial charge in [-0.05, 0) is 48.6 Å². The molecule has 2 atom stereocenters. The van der Waals surface area contributed by atoms with Crippen LogP contribution in [0.1, 0.15) is 71.4 Å². The Labute approximate surface area is 125 Å². The number of rotatable bonds is 3. The zero-order valence-corrected chi connectivity index (χ0v) is 14.1. The molecule has 0 spiro atoms. The molecule has 1 aromatic rings. The average molecular weight is 273 g/mol. The van der Waals surface area contributed by atoms with Gasteiger partial charge in [-0.25, -0.2) is 0 Å². The number of nitrogens with one attached hydrogen (secondary N) is 1. The summed E-state index contributed by atoms with van der Waals surface area (Å²) in [4.78, 5) is 0. The van der Waals surface area contributed by atoms with Crippen molar-refractivity contribution in [3.8, 4) is 0 Å². The topological polar surface area (TPSA) is 12.0 Å². The van der Waals surface area contributed by atoms with Crippen molar-refractivity contribution in [2.45, 2.75) is 78.7 Å². The molecule has 0 unspecified atom stereocenters. The van der Waals surface area contributed by atoms with Gasteiger partial charge in [0.25, 0.3) is 0 Å². The van der Waals surface area contributed by atoms with Crippen LogP contribution in [0.3, 0.4) is 0 Å². The molecular weight excluding hydrogens is 242 g/mol. The lowest BCUT2D eigenvalue weighted by molar-refractivity contribution is 0.239. The second-order valence-electron chi connectivity index (χ2n) is 8.18. The predicted octanol–water partition coefficient (Wildman–Crippen LogP) is 5.67. The Morgan fingerprint density at radius 1 is 1.30 bits per heavy atom. The van der Waals surface area contributed by atoms with Gasteiger partial charge in [0.1, 0.15) is 0 Å². The number of fused-ring (bicyclic) bond motifs is 1. The van der Waals surface area contributed by atoms with Crippen LogP contribution in [0.15, 0.2) is 18.2 Å². The molecule has 0 saturated carbocycles. The predicted molar refractivity (Wildman–Crippen MR) is 89.5 cm³/mol. The van der Waals surface area contributed by atoms with Crippen LogP contribution in [-0.2, 0) is 5.41 Å². The summed E-state index contributed by atoms with van der Waals surface area (Å²) < 4.78 is 0. The first-order chi connectivity index (χ1) is 9.23. The highest BCUT2D eigenvalue weighted by molar-refractivity contribution is 5.59. The summed E-state index contributed by atoms with van der Waals surface area (Å²) >= 11 is 0. The monoisotopic (exact) mass is 273 g/mol. The maximum absolute atomic E-state index is 3.77. The van der Waals surface area contributed by atoms with Gasteiger partial charge >= 0.3 is 0 Å². The van der Waals surface area contributed by atoms with Gasteiger partial charge in [0, 0.05) is 11.7 Å². The average Bonchev–Trinajstić information content (AvgIpc) is 2.28. The SMILES string of the molecule is CCC[C@H]1C[C@](C)(CC(C)(C)C)c2cc(C)ccc2N1. The Bertz CT molecular complexity index is 469. The standard InChI is InChI=1S/C19H31N/c1-7-8-15-12-19(6,13-18(3,4)5)16-11-14(2)9-10-17(16)20-15/h9-11,15,20H,7-8,12-13H2,1-6H3/t15-,19+/m0/s1. The summed E-state index contributed by atoms with van der Waals surface area (Å²) in [5.41, 5.74) is 4.93. The van der Waals surface area contributed by atoms with E-state index in [0.717, 1.165) is 0 Å². The van der Waals surface area contributed by atoms with Crippen LogP contribution >= 0.6 is 0 Å². The van der Waals surface area contributed by atoms with Gasteiger partial charge in [-0.3, -0.25) is 0 Å². The van der Waals surface area contributed by atoms with Gasteiger partial charge in [0.05, 0.1) is 0 Å². The molecule has 1 nitrogen and oxygen atoms in total. The molecule has 0 saturated heterocycles. The first kappa shape index (κ1) is 15.4. The van der Waals surface area contributed by atoms with E-state index >= 15 is 0 Å². The third kappa shape index (κ3) is 3.37. The number of aryl methyl sites for hydroxylation is 1. The van der Waals surface area contributed by atoms with Crippen LogP contribution in [-0.4, -0.2) is 6.04 Å². The molecular formula is C19H31N. The van der Waals surface area contributed by atoms with E-state index in [0.29, 0.717) is 16.9 Å². The second-order valence-corrected chi connectivity index (χ2v) is 8.18. The Kier molecular flexibility index (Phi) is 4.18. The van der Waals surface area contributed by atoms with Crippen LogP contribution in [0.5, 0.6) is 0 Å². The van der Waals surface area contributed by atoms with E-state index in [4.69, 9.17) is 0 Å². The Morgan fingerprint density at radius 2 is 2.00 bits per heavy atom. The molecule has 0 aliphatic carbocycles. The van der Waals surface area contributed by atoms with E-state index in [1.807, 2.05) is 0 Å². The van der Waals surface area contributed by atoms with Crippen LogP contribution in [0.4, 0.5) is 5.69 Å². The molecule has 112 valence electrons. The summed E-state index contributed by atoms with van der Waals surface area (Å²) in [6.45, 7) is 14.1. The maximum atomic E-state index is 3.77. The molecule has 0 aromatic heterocycles. The summed E-state index contributed by atoms with van der Waals surface area (Å²) in [6, 6.07) is 7.55. The molecule has 1 aliphatic rings. The van der Waals surface area contributed by atoms with E-state index in [-0.39, 0.29) is 0 Å². The lowest BCUT2D eigenvalue weighted by atomic mass is 9.65. The molecule has 1 aliphatic heterocycles. The van der Waals surface area contributed by atoms with E-state index in [1.54, 1.807) is 0 Å². The lowest BCUT2D eigenvalue weighted by Crippen LogP contribution is -2.40. The summed E-state index contributed by atoms with van der Waals surface area (Å²) in [5.74, 6) is 0. The number of hydrogen-bond donors (Lipinski definition) is 1. The van der Waals surface area contributed by atoms with Crippen molar-refractivity contribution < 1.29 is 0 Å². The Morgan fingerprint density at radius 3 is 2.60 bits per heavy atom. The highest BCUT2D eigenvalue weighted by Crippen LogP contribution is 2.46. The van der Waals surface area contributed by atoms with Crippen molar-refractivity contribution >= 4 is 5.69 Å². The minimum absolute atomic E-state index is 0.296. The van der Waals surface area contributed by atoms with Gasteiger partial charge in [0.15, 0.2) is 0 Å².